The van der Waals surface area contributed by atoms with Gasteiger partial charge in [-0.1, -0.05) is 13.8 Å². The van der Waals surface area contributed by atoms with Gasteiger partial charge in [-0.2, -0.15) is 0 Å². The summed E-state index contributed by atoms with van der Waals surface area (Å²) in [5.41, 5.74) is -0.812. The maximum atomic E-state index is 11.9. The summed E-state index contributed by atoms with van der Waals surface area (Å²) < 4.78 is 4.83. The minimum absolute atomic E-state index is 0.0763. The molecule has 5 nitrogen and oxygen atoms in total. The quantitative estimate of drug-likeness (QED) is 0.712. The predicted molar refractivity (Wildman–Crippen MR) is 75.8 cm³/mol. The van der Waals surface area contributed by atoms with Gasteiger partial charge in [0, 0.05) is 12.6 Å². The van der Waals surface area contributed by atoms with Gasteiger partial charge in [-0.25, -0.2) is 0 Å². The van der Waals surface area contributed by atoms with Crippen molar-refractivity contribution in [2.24, 2.45) is 5.92 Å². The standard InChI is InChI=1S/C14H28N2O3/c1-10(2)8-16(9-12(17)15-11(3)4)14(5,6)13(18)19-7/h10-11H,8-9H2,1-7H3,(H,15,17). The van der Waals surface area contributed by atoms with Crippen LogP contribution < -0.4 is 5.32 Å². The van der Waals surface area contributed by atoms with Gasteiger partial charge in [0.05, 0.1) is 13.7 Å². The first-order chi connectivity index (χ1) is 8.61. The predicted octanol–water partition coefficient (Wildman–Crippen LogP) is 1.42. The normalized spacial score (nSPS) is 12.1. The Bertz CT molecular complexity index is 312. The molecule has 5 heteroatoms. The second-order valence-corrected chi connectivity index (χ2v) is 6.05. The fourth-order valence-electron chi connectivity index (χ4n) is 1.85. The van der Waals surface area contributed by atoms with Crippen LogP contribution in [0.1, 0.15) is 41.5 Å². The summed E-state index contributed by atoms with van der Waals surface area (Å²) in [5.74, 6) is -0.0473. The number of carbonyl (C=O) groups excluding carboxylic acids is 2. The number of methoxy groups -OCH3 is 1. The van der Waals surface area contributed by atoms with Crippen molar-refractivity contribution >= 4 is 11.9 Å². The number of hydrogen-bond donors (Lipinski definition) is 1. The first-order valence-electron chi connectivity index (χ1n) is 6.74. The second kappa shape index (κ2) is 7.48. The first kappa shape index (κ1) is 17.9. The van der Waals surface area contributed by atoms with E-state index in [-0.39, 0.29) is 24.5 Å². The fourth-order valence-corrected chi connectivity index (χ4v) is 1.85. The zero-order chi connectivity index (χ0) is 15.2. The molecule has 0 heterocycles. The Kier molecular flexibility index (Phi) is 7.05. The van der Waals surface area contributed by atoms with Crippen molar-refractivity contribution in [3.8, 4) is 0 Å². The van der Waals surface area contributed by atoms with Crippen molar-refractivity contribution in [1.82, 2.24) is 10.2 Å². The Morgan fingerprint density at radius 3 is 2.11 bits per heavy atom. The fraction of sp³-hybridized carbons (Fsp3) is 0.857. The van der Waals surface area contributed by atoms with Gasteiger partial charge in [0.2, 0.25) is 5.91 Å². The van der Waals surface area contributed by atoms with Crippen LogP contribution in [-0.4, -0.2) is 48.6 Å². The highest BCUT2D eigenvalue weighted by atomic mass is 16.5. The van der Waals surface area contributed by atoms with Crippen LogP contribution in [0.4, 0.5) is 0 Å². The molecule has 0 unspecified atom stereocenters. The van der Waals surface area contributed by atoms with Crippen LogP contribution in [0, 0.1) is 5.92 Å². The van der Waals surface area contributed by atoms with Crippen LogP contribution in [0.2, 0.25) is 0 Å². The number of hydrogen-bond acceptors (Lipinski definition) is 4. The number of amides is 1. The van der Waals surface area contributed by atoms with Gasteiger partial charge in [0.15, 0.2) is 0 Å². The number of nitrogens with one attached hydrogen (secondary N) is 1. The molecular weight excluding hydrogens is 244 g/mol. The molecular formula is C14H28N2O3. The number of esters is 1. The molecule has 0 saturated heterocycles. The molecule has 0 aromatic rings. The van der Waals surface area contributed by atoms with Crippen molar-refractivity contribution in [2.75, 3.05) is 20.2 Å². The van der Waals surface area contributed by atoms with E-state index in [2.05, 4.69) is 19.2 Å². The van der Waals surface area contributed by atoms with Gasteiger partial charge >= 0.3 is 5.97 Å². The lowest BCUT2D eigenvalue weighted by atomic mass is 10.0. The average molecular weight is 272 g/mol. The van der Waals surface area contributed by atoms with E-state index in [0.717, 1.165) is 0 Å². The van der Waals surface area contributed by atoms with E-state index in [9.17, 15) is 9.59 Å². The third kappa shape index (κ3) is 6.05. The molecule has 1 amide bonds. The summed E-state index contributed by atoms with van der Waals surface area (Å²) in [6, 6.07) is 0.0923. The van der Waals surface area contributed by atoms with Gasteiger partial charge in [-0.05, 0) is 33.6 Å². The van der Waals surface area contributed by atoms with Crippen LogP contribution in [0.5, 0.6) is 0 Å². The zero-order valence-electron chi connectivity index (χ0n) is 13.2. The summed E-state index contributed by atoms with van der Waals surface area (Å²) in [5, 5.41) is 2.84. The van der Waals surface area contributed by atoms with E-state index in [0.29, 0.717) is 12.5 Å². The van der Waals surface area contributed by atoms with Gasteiger partial charge in [0.1, 0.15) is 5.54 Å². The molecule has 0 radical (unpaired) electrons. The van der Waals surface area contributed by atoms with E-state index in [4.69, 9.17) is 4.74 Å². The van der Waals surface area contributed by atoms with E-state index in [1.807, 2.05) is 18.7 Å². The summed E-state index contributed by atoms with van der Waals surface area (Å²) in [6.45, 7) is 12.4. The van der Waals surface area contributed by atoms with Gasteiger partial charge in [0.25, 0.3) is 0 Å². The van der Waals surface area contributed by atoms with Crippen molar-refractivity contribution in [2.45, 2.75) is 53.1 Å². The van der Waals surface area contributed by atoms with Crippen molar-refractivity contribution in [3.63, 3.8) is 0 Å². The van der Waals surface area contributed by atoms with E-state index < -0.39 is 5.54 Å². The van der Waals surface area contributed by atoms with Crippen LogP contribution in [-0.2, 0) is 14.3 Å². The van der Waals surface area contributed by atoms with Crippen molar-refractivity contribution < 1.29 is 14.3 Å². The topological polar surface area (TPSA) is 58.6 Å². The van der Waals surface area contributed by atoms with E-state index in [1.54, 1.807) is 13.8 Å². The second-order valence-electron chi connectivity index (χ2n) is 6.05. The van der Waals surface area contributed by atoms with Crippen LogP contribution in [0.15, 0.2) is 0 Å². The minimum Gasteiger partial charge on any atom is -0.468 e. The molecule has 0 aliphatic rings. The summed E-state index contributed by atoms with van der Waals surface area (Å²) in [4.78, 5) is 25.6. The summed E-state index contributed by atoms with van der Waals surface area (Å²) >= 11 is 0. The lowest BCUT2D eigenvalue weighted by Crippen LogP contribution is -2.55. The van der Waals surface area contributed by atoms with E-state index >= 15 is 0 Å². The van der Waals surface area contributed by atoms with E-state index in [1.165, 1.54) is 7.11 Å². The zero-order valence-corrected chi connectivity index (χ0v) is 13.2. The average Bonchev–Trinajstić information content (AvgIpc) is 2.25. The Labute approximate surface area is 116 Å². The number of carbonyl (C=O) groups is 2. The largest absolute Gasteiger partial charge is 0.468 e. The Balaban J connectivity index is 4.90. The maximum absolute atomic E-state index is 11.9. The van der Waals surface area contributed by atoms with Gasteiger partial charge in [-0.15, -0.1) is 0 Å². The summed E-state index contributed by atoms with van der Waals surface area (Å²) in [7, 11) is 1.37. The Hall–Kier alpha value is -1.10. The molecule has 0 spiro atoms. The lowest BCUT2D eigenvalue weighted by molar-refractivity contribution is -0.154. The third-order valence-corrected chi connectivity index (χ3v) is 2.85. The molecule has 0 saturated carbocycles. The van der Waals surface area contributed by atoms with Crippen LogP contribution in [0.3, 0.4) is 0 Å². The molecule has 112 valence electrons. The molecule has 1 N–H and O–H groups in total. The summed E-state index contributed by atoms with van der Waals surface area (Å²) in [6.07, 6.45) is 0. The van der Waals surface area contributed by atoms with Crippen molar-refractivity contribution in [1.29, 1.82) is 0 Å². The highest BCUT2D eigenvalue weighted by Gasteiger charge is 2.37. The van der Waals surface area contributed by atoms with Crippen LogP contribution >= 0.6 is 0 Å². The molecule has 0 aliphatic heterocycles. The molecule has 0 aliphatic carbocycles. The molecule has 0 fully saturated rings. The van der Waals surface area contributed by atoms with Gasteiger partial charge in [-0.3, -0.25) is 14.5 Å². The molecule has 0 aromatic heterocycles. The molecule has 0 atom stereocenters. The number of rotatable bonds is 7. The SMILES string of the molecule is COC(=O)C(C)(C)N(CC(=O)NC(C)C)CC(C)C. The molecule has 0 rings (SSSR count). The monoisotopic (exact) mass is 272 g/mol. The smallest absolute Gasteiger partial charge is 0.325 e. The highest BCUT2D eigenvalue weighted by Crippen LogP contribution is 2.17. The van der Waals surface area contributed by atoms with Crippen molar-refractivity contribution in [3.05, 3.63) is 0 Å². The lowest BCUT2D eigenvalue weighted by Gasteiger charge is -2.36. The maximum Gasteiger partial charge on any atom is 0.325 e. The Morgan fingerprint density at radius 2 is 1.74 bits per heavy atom. The number of nitrogens with zero attached hydrogens (tertiary/aromatic N) is 1. The highest BCUT2D eigenvalue weighted by molar-refractivity contribution is 5.82. The third-order valence-electron chi connectivity index (χ3n) is 2.85. The van der Waals surface area contributed by atoms with Gasteiger partial charge < -0.3 is 10.1 Å². The minimum atomic E-state index is -0.812. The molecule has 19 heavy (non-hydrogen) atoms. The molecule has 0 aromatic carbocycles. The Morgan fingerprint density at radius 1 is 1.21 bits per heavy atom. The number of ether oxygens (including phenoxy) is 1. The first-order valence-corrected chi connectivity index (χ1v) is 6.74. The van der Waals surface area contributed by atoms with Crippen LogP contribution in [0.25, 0.3) is 0 Å². The molecule has 0 bridgehead atoms.